The third-order valence-electron chi connectivity index (χ3n) is 3.30. The van der Waals surface area contributed by atoms with Crippen LogP contribution >= 0.6 is 0 Å². The van der Waals surface area contributed by atoms with Gasteiger partial charge >= 0.3 is 6.18 Å². The maximum Gasteiger partial charge on any atom is 0.416 e. The molecule has 1 rings (SSSR count). The predicted octanol–water partition coefficient (Wildman–Crippen LogP) is 4.40. The summed E-state index contributed by atoms with van der Waals surface area (Å²) in [4.78, 5) is 0. The normalized spacial score (nSPS) is 15.4. The van der Waals surface area contributed by atoms with E-state index in [1.165, 1.54) is 12.1 Å². The lowest BCUT2D eigenvalue weighted by atomic mass is 9.93. The zero-order chi connectivity index (χ0) is 13.8. The van der Waals surface area contributed by atoms with Gasteiger partial charge in [-0.1, -0.05) is 32.4 Å². The molecule has 1 nitrogen and oxygen atoms in total. The molecule has 1 aromatic rings. The van der Waals surface area contributed by atoms with E-state index in [0.29, 0.717) is 11.5 Å². The fraction of sp³-hybridized carbons (Fsp3) is 0.571. The minimum absolute atomic E-state index is 0.0257. The third-order valence-corrected chi connectivity index (χ3v) is 3.30. The highest BCUT2D eigenvalue weighted by atomic mass is 19.4. The summed E-state index contributed by atoms with van der Waals surface area (Å²) in [7, 11) is 1.79. The Labute approximate surface area is 106 Å². The van der Waals surface area contributed by atoms with Gasteiger partial charge in [0.2, 0.25) is 0 Å². The summed E-state index contributed by atoms with van der Waals surface area (Å²) in [5.74, 6) is 0.483. The first-order valence-electron chi connectivity index (χ1n) is 6.22. The van der Waals surface area contributed by atoms with Crippen LogP contribution in [0.4, 0.5) is 13.2 Å². The van der Waals surface area contributed by atoms with Gasteiger partial charge in [0.15, 0.2) is 0 Å². The molecule has 0 amide bonds. The monoisotopic (exact) mass is 259 g/mol. The third kappa shape index (κ3) is 4.02. The molecule has 4 heteroatoms. The molecule has 2 unspecified atom stereocenters. The smallest absolute Gasteiger partial charge is 0.313 e. The fourth-order valence-electron chi connectivity index (χ4n) is 1.92. The number of hydrogen-bond acceptors (Lipinski definition) is 1. The first kappa shape index (κ1) is 15.0. The summed E-state index contributed by atoms with van der Waals surface area (Å²) < 4.78 is 37.9. The van der Waals surface area contributed by atoms with Gasteiger partial charge in [-0.25, -0.2) is 0 Å². The number of benzene rings is 1. The van der Waals surface area contributed by atoms with E-state index >= 15 is 0 Å². The largest absolute Gasteiger partial charge is 0.416 e. The van der Waals surface area contributed by atoms with Crippen LogP contribution in [-0.2, 0) is 6.18 Å². The van der Waals surface area contributed by atoms with Crippen LogP contribution in [-0.4, -0.2) is 7.05 Å². The minimum atomic E-state index is -4.27. The Balaban J connectivity index is 2.93. The molecule has 0 radical (unpaired) electrons. The van der Waals surface area contributed by atoms with Crippen molar-refractivity contribution in [2.24, 2.45) is 5.92 Å². The first-order valence-corrected chi connectivity index (χ1v) is 6.22. The van der Waals surface area contributed by atoms with Crippen LogP contribution in [0.15, 0.2) is 24.3 Å². The van der Waals surface area contributed by atoms with Crippen molar-refractivity contribution >= 4 is 0 Å². The van der Waals surface area contributed by atoms with Crippen molar-refractivity contribution in [3.8, 4) is 0 Å². The summed E-state index contributed by atoms with van der Waals surface area (Å²) >= 11 is 0. The number of nitrogens with one attached hydrogen (secondary N) is 1. The Kier molecular flexibility index (Phi) is 5.20. The van der Waals surface area contributed by atoms with Crippen molar-refractivity contribution in [2.75, 3.05) is 7.05 Å². The van der Waals surface area contributed by atoms with Crippen LogP contribution in [0.25, 0.3) is 0 Å². The maximum atomic E-state index is 12.6. The molecule has 0 heterocycles. The van der Waals surface area contributed by atoms with Crippen molar-refractivity contribution in [2.45, 2.75) is 38.9 Å². The van der Waals surface area contributed by atoms with Gasteiger partial charge < -0.3 is 5.32 Å². The van der Waals surface area contributed by atoms with E-state index < -0.39 is 11.7 Å². The van der Waals surface area contributed by atoms with Gasteiger partial charge in [0.25, 0.3) is 0 Å². The van der Waals surface area contributed by atoms with Crippen molar-refractivity contribution in [1.29, 1.82) is 0 Å². The average molecular weight is 259 g/mol. The highest BCUT2D eigenvalue weighted by Gasteiger charge is 2.30. The molecule has 1 aromatic carbocycles. The molecule has 0 fully saturated rings. The highest BCUT2D eigenvalue weighted by Crippen LogP contribution is 2.32. The quantitative estimate of drug-likeness (QED) is 0.826. The topological polar surface area (TPSA) is 12.0 Å². The van der Waals surface area contributed by atoms with Gasteiger partial charge in [0.05, 0.1) is 5.56 Å². The molecule has 0 spiro atoms. The van der Waals surface area contributed by atoms with Crippen LogP contribution in [0, 0.1) is 5.92 Å². The van der Waals surface area contributed by atoms with Gasteiger partial charge in [-0.2, -0.15) is 13.2 Å². The summed E-state index contributed by atoms with van der Waals surface area (Å²) in [6, 6.07) is 5.54. The minimum Gasteiger partial charge on any atom is -0.313 e. The highest BCUT2D eigenvalue weighted by molar-refractivity contribution is 5.28. The second-order valence-electron chi connectivity index (χ2n) is 4.71. The Hall–Kier alpha value is -1.03. The van der Waals surface area contributed by atoms with Crippen LogP contribution in [0.2, 0.25) is 0 Å². The summed E-state index contributed by atoms with van der Waals surface area (Å²) in [5, 5.41) is 3.09. The lowest BCUT2D eigenvalue weighted by molar-refractivity contribution is -0.137. The molecular weight excluding hydrogens is 239 g/mol. The number of rotatable bonds is 5. The molecule has 0 bridgehead atoms. The molecule has 102 valence electrons. The Bertz CT molecular complexity index is 374. The van der Waals surface area contributed by atoms with E-state index in [4.69, 9.17) is 0 Å². The Morgan fingerprint density at radius 3 is 2.44 bits per heavy atom. The SMILES string of the molecule is CCC(C)CC(NC)c1cccc(C(F)(F)F)c1. The van der Waals surface area contributed by atoms with E-state index in [1.807, 2.05) is 0 Å². The van der Waals surface area contributed by atoms with Crippen LogP contribution in [0.3, 0.4) is 0 Å². The van der Waals surface area contributed by atoms with Gasteiger partial charge in [0.1, 0.15) is 0 Å². The molecule has 0 saturated carbocycles. The van der Waals surface area contributed by atoms with Gasteiger partial charge in [-0.3, -0.25) is 0 Å². The zero-order valence-corrected chi connectivity index (χ0v) is 11.0. The second kappa shape index (κ2) is 6.23. The first-order chi connectivity index (χ1) is 8.38. The van der Waals surface area contributed by atoms with E-state index in [9.17, 15) is 13.2 Å². The molecule has 0 aliphatic rings. The van der Waals surface area contributed by atoms with Gasteiger partial charge in [0, 0.05) is 6.04 Å². The molecule has 0 aliphatic heterocycles. The molecule has 0 aromatic heterocycles. The molecule has 2 atom stereocenters. The number of alkyl halides is 3. The van der Waals surface area contributed by atoms with E-state index in [1.54, 1.807) is 13.1 Å². The second-order valence-corrected chi connectivity index (χ2v) is 4.71. The van der Waals surface area contributed by atoms with Crippen molar-refractivity contribution < 1.29 is 13.2 Å². The van der Waals surface area contributed by atoms with Crippen LogP contribution in [0.5, 0.6) is 0 Å². The van der Waals surface area contributed by atoms with Gasteiger partial charge in [-0.15, -0.1) is 0 Å². The van der Waals surface area contributed by atoms with E-state index in [2.05, 4.69) is 19.2 Å². The summed E-state index contributed by atoms with van der Waals surface area (Å²) in [5.41, 5.74) is 0.122. The average Bonchev–Trinajstić information content (AvgIpc) is 2.34. The van der Waals surface area contributed by atoms with E-state index in [-0.39, 0.29) is 6.04 Å². The lowest BCUT2D eigenvalue weighted by Gasteiger charge is -2.21. The van der Waals surface area contributed by atoms with E-state index in [0.717, 1.165) is 18.9 Å². The molecule has 18 heavy (non-hydrogen) atoms. The lowest BCUT2D eigenvalue weighted by Crippen LogP contribution is -2.19. The molecule has 1 N–H and O–H groups in total. The summed E-state index contributed by atoms with van der Waals surface area (Å²) in [6.07, 6.45) is -2.41. The maximum absolute atomic E-state index is 12.6. The van der Waals surface area contributed by atoms with Crippen molar-refractivity contribution in [3.05, 3.63) is 35.4 Å². The fourth-order valence-corrected chi connectivity index (χ4v) is 1.92. The molecular formula is C14H20F3N. The number of halogens is 3. The Morgan fingerprint density at radius 2 is 1.94 bits per heavy atom. The summed E-state index contributed by atoms with van der Waals surface area (Å²) in [6.45, 7) is 4.20. The van der Waals surface area contributed by atoms with Crippen molar-refractivity contribution in [3.63, 3.8) is 0 Å². The Morgan fingerprint density at radius 1 is 1.28 bits per heavy atom. The van der Waals surface area contributed by atoms with Crippen LogP contribution in [0.1, 0.15) is 43.9 Å². The number of hydrogen-bond donors (Lipinski definition) is 1. The van der Waals surface area contributed by atoms with Gasteiger partial charge in [-0.05, 0) is 37.1 Å². The molecule has 0 aliphatic carbocycles. The predicted molar refractivity (Wildman–Crippen MR) is 67.3 cm³/mol. The van der Waals surface area contributed by atoms with Crippen molar-refractivity contribution in [1.82, 2.24) is 5.32 Å². The molecule has 0 saturated heterocycles. The zero-order valence-electron chi connectivity index (χ0n) is 11.0. The van der Waals surface area contributed by atoms with Crippen LogP contribution < -0.4 is 5.32 Å². The standard InChI is InChI=1S/C14H20F3N/c1-4-10(2)8-13(18-3)11-6-5-7-12(9-11)14(15,16)17/h5-7,9-10,13,18H,4,8H2,1-3H3.